The number of amides is 1. The highest BCUT2D eigenvalue weighted by Gasteiger charge is 2.31. The molecule has 15 heavy (non-hydrogen) atoms. The lowest BCUT2D eigenvalue weighted by Gasteiger charge is -2.18. The van der Waals surface area contributed by atoms with E-state index in [2.05, 4.69) is 21.2 Å². The molecule has 0 fully saturated rings. The third-order valence-corrected chi connectivity index (χ3v) is 2.45. The molecule has 0 aliphatic carbocycles. The van der Waals surface area contributed by atoms with Gasteiger partial charge in [-0.05, 0) is 12.3 Å². The average molecular weight is 290 g/mol. The smallest absolute Gasteiger partial charge is 0.352 e. The highest BCUT2D eigenvalue weighted by molar-refractivity contribution is 9.09. The summed E-state index contributed by atoms with van der Waals surface area (Å²) >= 11 is 3.16. The van der Waals surface area contributed by atoms with Crippen molar-refractivity contribution in [2.45, 2.75) is 38.9 Å². The molecule has 1 atom stereocenters. The maximum atomic E-state index is 11.9. The molecule has 0 bridgehead atoms. The Bertz CT molecular complexity index is 206. The molecule has 0 aromatic rings. The van der Waals surface area contributed by atoms with Crippen molar-refractivity contribution < 1.29 is 18.0 Å². The molecular weight excluding hydrogens is 275 g/mol. The molecule has 1 unspecified atom stereocenters. The van der Waals surface area contributed by atoms with E-state index in [4.69, 9.17) is 0 Å². The molecule has 0 aromatic carbocycles. The maximum absolute atomic E-state index is 11.9. The number of hydrogen-bond donors (Lipinski definition) is 1. The molecule has 0 aliphatic heterocycles. The Labute approximate surface area is 95.7 Å². The number of hydrogen-bond acceptors (Lipinski definition) is 1. The zero-order valence-electron chi connectivity index (χ0n) is 8.70. The highest BCUT2D eigenvalue weighted by Crippen LogP contribution is 2.19. The Morgan fingerprint density at radius 3 is 2.27 bits per heavy atom. The molecule has 0 spiro atoms. The van der Waals surface area contributed by atoms with E-state index in [-0.39, 0.29) is 6.04 Å². The zero-order valence-corrected chi connectivity index (χ0v) is 10.3. The topological polar surface area (TPSA) is 29.1 Å². The van der Waals surface area contributed by atoms with E-state index in [0.717, 1.165) is 0 Å². The zero-order chi connectivity index (χ0) is 12.1. The summed E-state index contributed by atoms with van der Waals surface area (Å²) in [5.41, 5.74) is 0. The maximum Gasteiger partial charge on any atom is 0.397 e. The molecule has 0 saturated carbocycles. The van der Waals surface area contributed by atoms with Crippen molar-refractivity contribution in [2.75, 3.05) is 5.33 Å². The minimum atomic E-state index is -4.43. The third kappa shape index (κ3) is 8.72. The van der Waals surface area contributed by atoms with Crippen molar-refractivity contribution in [2.24, 2.45) is 5.92 Å². The molecule has 1 amide bonds. The van der Waals surface area contributed by atoms with Gasteiger partial charge < -0.3 is 5.32 Å². The van der Waals surface area contributed by atoms with Crippen molar-refractivity contribution in [1.82, 2.24) is 5.32 Å². The summed E-state index contributed by atoms with van der Waals surface area (Å²) in [6, 6.07) is -0.236. The lowest BCUT2D eigenvalue weighted by molar-refractivity contribution is -0.154. The molecule has 0 heterocycles. The first-order valence-electron chi connectivity index (χ1n) is 4.66. The van der Waals surface area contributed by atoms with Crippen LogP contribution in [0, 0.1) is 5.92 Å². The lowest BCUT2D eigenvalue weighted by atomic mass is 10.1. The standard InChI is InChI=1S/C9H15BrF3NO/c1-6(2)3-7(5-10)14-8(15)4-9(11,12)13/h6-7H,3-5H2,1-2H3,(H,14,15). The first kappa shape index (κ1) is 14.7. The number of alkyl halides is 4. The van der Waals surface area contributed by atoms with Crippen LogP contribution in [0.2, 0.25) is 0 Å². The van der Waals surface area contributed by atoms with Crippen LogP contribution < -0.4 is 5.32 Å². The Hall–Kier alpha value is -0.260. The second-order valence-corrected chi connectivity index (χ2v) is 4.49. The van der Waals surface area contributed by atoms with Crippen LogP contribution >= 0.6 is 15.9 Å². The summed E-state index contributed by atoms with van der Waals surface area (Å²) < 4.78 is 35.6. The second kappa shape index (κ2) is 6.35. The highest BCUT2D eigenvalue weighted by atomic mass is 79.9. The Kier molecular flexibility index (Phi) is 6.24. The van der Waals surface area contributed by atoms with Crippen molar-refractivity contribution in [3.63, 3.8) is 0 Å². The average Bonchev–Trinajstić information content (AvgIpc) is 1.98. The Morgan fingerprint density at radius 2 is 1.93 bits per heavy atom. The molecule has 0 radical (unpaired) electrons. The number of rotatable bonds is 5. The van der Waals surface area contributed by atoms with Gasteiger partial charge in [0, 0.05) is 11.4 Å². The molecule has 2 nitrogen and oxygen atoms in total. The SMILES string of the molecule is CC(C)CC(CBr)NC(=O)CC(F)(F)F. The van der Waals surface area contributed by atoms with Crippen molar-refractivity contribution >= 4 is 21.8 Å². The molecule has 90 valence electrons. The monoisotopic (exact) mass is 289 g/mol. The fourth-order valence-corrected chi connectivity index (χ4v) is 1.62. The van der Waals surface area contributed by atoms with E-state index in [0.29, 0.717) is 17.7 Å². The number of nitrogens with one attached hydrogen (secondary N) is 1. The fourth-order valence-electron chi connectivity index (χ4n) is 1.19. The molecule has 0 rings (SSSR count). The van der Waals surface area contributed by atoms with Crippen molar-refractivity contribution in [3.05, 3.63) is 0 Å². The van der Waals surface area contributed by atoms with Crippen molar-refractivity contribution in [3.8, 4) is 0 Å². The van der Waals surface area contributed by atoms with E-state index >= 15 is 0 Å². The van der Waals surface area contributed by atoms with Gasteiger partial charge in [0.25, 0.3) is 0 Å². The summed E-state index contributed by atoms with van der Waals surface area (Å²) in [6.45, 7) is 3.90. The van der Waals surface area contributed by atoms with Crippen LogP contribution in [0.5, 0.6) is 0 Å². The molecule has 6 heteroatoms. The van der Waals surface area contributed by atoms with E-state index in [1.807, 2.05) is 13.8 Å². The van der Waals surface area contributed by atoms with Crippen LogP contribution in [-0.4, -0.2) is 23.5 Å². The van der Waals surface area contributed by atoms with Gasteiger partial charge in [-0.15, -0.1) is 0 Å². The van der Waals surface area contributed by atoms with Gasteiger partial charge in [0.1, 0.15) is 6.42 Å². The predicted molar refractivity (Wildman–Crippen MR) is 55.9 cm³/mol. The Balaban J connectivity index is 4.02. The van der Waals surface area contributed by atoms with Gasteiger partial charge in [-0.1, -0.05) is 29.8 Å². The quantitative estimate of drug-likeness (QED) is 0.775. The van der Waals surface area contributed by atoms with Gasteiger partial charge in [0.05, 0.1) is 0 Å². The number of carbonyl (C=O) groups is 1. The summed E-state index contributed by atoms with van der Waals surface area (Å²) in [6.07, 6.45) is -5.18. The van der Waals surface area contributed by atoms with Crippen LogP contribution in [0.15, 0.2) is 0 Å². The van der Waals surface area contributed by atoms with Gasteiger partial charge in [-0.3, -0.25) is 4.79 Å². The van der Waals surface area contributed by atoms with Gasteiger partial charge >= 0.3 is 6.18 Å². The minimum absolute atomic E-state index is 0.236. The number of halogens is 4. The summed E-state index contributed by atoms with van der Waals surface area (Å²) in [7, 11) is 0. The lowest BCUT2D eigenvalue weighted by Crippen LogP contribution is -2.39. The van der Waals surface area contributed by atoms with Crippen LogP contribution in [0.3, 0.4) is 0 Å². The molecule has 1 N–H and O–H groups in total. The number of carbonyl (C=O) groups excluding carboxylic acids is 1. The predicted octanol–water partition coefficient (Wildman–Crippen LogP) is 2.86. The molecular formula is C9H15BrF3NO. The fraction of sp³-hybridized carbons (Fsp3) is 0.889. The first-order chi connectivity index (χ1) is 6.74. The van der Waals surface area contributed by atoms with Crippen LogP contribution in [0.4, 0.5) is 13.2 Å². The summed E-state index contributed by atoms with van der Waals surface area (Å²) in [4.78, 5) is 11.0. The van der Waals surface area contributed by atoms with E-state index < -0.39 is 18.5 Å². The summed E-state index contributed by atoms with van der Waals surface area (Å²) in [5.74, 6) is -0.633. The van der Waals surface area contributed by atoms with Crippen LogP contribution in [0.1, 0.15) is 26.7 Å². The van der Waals surface area contributed by atoms with Crippen LogP contribution in [-0.2, 0) is 4.79 Å². The largest absolute Gasteiger partial charge is 0.397 e. The molecule has 0 saturated heterocycles. The third-order valence-electron chi connectivity index (χ3n) is 1.67. The molecule has 0 aromatic heterocycles. The van der Waals surface area contributed by atoms with Crippen molar-refractivity contribution in [1.29, 1.82) is 0 Å². The van der Waals surface area contributed by atoms with E-state index in [9.17, 15) is 18.0 Å². The van der Waals surface area contributed by atoms with E-state index in [1.165, 1.54) is 0 Å². The van der Waals surface area contributed by atoms with Gasteiger partial charge in [0.2, 0.25) is 5.91 Å². The Morgan fingerprint density at radius 1 is 1.40 bits per heavy atom. The first-order valence-corrected chi connectivity index (χ1v) is 5.79. The normalized spacial score (nSPS) is 14.1. The second-order valence-electron chi connectivity index (χ2n) is 3.84. The van der Waals surface area contributed by atoms with Gasteiger partial charge in [-0.25, -0.2) is 0 Å². The van der Waals surface area contributed by atoms with Gasteiger partial charge in [0.15, 0.2) is 0 Å². The van der Waals surface area contributed by atoms with Gasteiger partial charge in [-0.2, -0.15) is 13.2 Å². The van der Waals surface area contributed by atoms with E-state index in [1.54, 1.807) is 0 Å². The van der Waals surface area contributed by atoms with Crippen LogP contribution in [0.25, 0.3) is 0 Å². The minimum Gasteiger partial charge on any atom is -0.352 e. The molecule has 0 aliphatic rings. The summed E-state index contributed by atoms with van der Waals surface area (Å²) in [5, 5.41) is 2.82.